The molecule has 0 aromatic heterocycles. The summed E-state index contributed by atoms with van der Waals surface area (Å²) in [6, 6.07) is 0. The Morgan fingerprint density at radius 2 is 1.81 bits per heavy atom. The first kappa shape index (κ1) is 12.4. The molecule has 5 atom stereocenters. The standard InChI is InChI=1S/C15H28O/c1-9(2)13-10-6-11(8-16)12(7-10)14(13)15(3,4)5/h9-14,16H,6-8H2,1-5H3. The van der Waals surface area contributed by atoms with Crippen molar-refractivity contribution in [1.82, 2.24) is 0 Å². The monoisotopic (exact) mass is 224 g/mol. The Hall–Kier alpha value is -0.0400. The van der Waals surface area contributed by atoms with Crippen molar-refractivity contribution >= 4 is 0 Å². The zero-order valence-electron chi connectivity index (χ0n) is 11.5. The van der Waals surface area contributed by atoms with E-state index in [-0.39, 0.29) is 0 Å². The number of hydrogen-bond donors (Lipinski definition) is 1. The number of fused-ring (bicyclic) bond motifs is 2. The van der Waals surface area contributed by atoms with Crippen molar-refractivity contribution in [3.8, 4) is 0 Å². The maximum atomic E-state index is 9.50. The number of aliphatic hydroxyl groups excluding tert-OH is 1. The first-order valence-electron chi connectivity index (χ1n) is 6.97. The number of rotatable bonds is 2. The predicted octanol–water partition coefficient (Wildman–Crippen LogP) is 3.57. The van der Waals surface area contributed by atoms with Crippen LogP contribution in [0.4, 0.5) is 0 Å². The minimum absolute atomic E-state index is 0.405. The lowest BCUT2D eigenvalue weighted by molar-refractivity contribution is 0.0185. The van der Waals surface area contributed by atoms with E-state index < -0.39 is 0 Å². The summed E-state index contributed by atoms with van der Waals surface area (Å²) in [6.07, 6.45) is 2.67. The molecule has 2 aliphatic carbocycles. The van der Waals surface area contributed by atoms with Crippen molar-refractivity contribution in [3.05, 3.63) is 0 Å². The molecule has 2 aliphatic rings. The molecule has 0 heterocycles. The third-order valence-corrected chi connectivity index (χ3v) is 5.21. The minimum Gasteiger partial charge on any atom is -0.396 e. The summed E-state index contributed by atoms with van der Waals surface area (Å²) in [5, 5.41) is 9.50. The van der Waals surface area contributed by atoms with Crippen LogP contribution in [0.1, 0.15) is 47.5 Å². The van der Waals surface area contributed by atoms with E-state index in [4.69, 9.17) is 0 Å². The quantitative estimate of drug-likeness (QED) is 0.760. The molecule has 0 amide bonds. The molecule has 1 heteroatoms. The Morgan fingerprint density at radius 3 is 2.25 bits per heavy atom. The first-order chi connectivity index (χ1) is 7.36. The maximum Gasteiger partial charge on any atom is 0.0462 e. The molecule has 2 rings (SSSR count). The molecule has 0 spiro atoms. The van der Waals surface area contributed by atoms with Crippen LogP contribution in [0.2, 0.25) is 0 Å². The summed E-state index contributed by atoms with van der Waals surface area (Å²) < 4.78 is 0. The van der Waals surface area contributed by atoms with Gasteiger partial charge in [-0.3, -0.25) is 0 Å². The summed E-state index contributed by atoms with van der Waals surface area (Å²) in [5.41, 5.74) is 0.405. The lowest BCUT2D eigenvalue weighted by Gasteiger charge is -2.44. The molecule has 1 nitrogen and oxygen atoms in total. The normalized spacial score (nSPS) is 43.3. The fourth-order valence-corrected chi connectivity index (χ4v) is 4.92. The SMILES string of the molecule is CC(C)C1C2CC(CO)C(C2)C1C(C)(C)C. The van der Waals surface area contributed by atoms with E-state index in [1.54, 1.807) is 0 Å². The smallest absolute Gasteiger partial charge is 0.0462 e. The number of aliphatic hydroxyl groups is 1. The largest absolute Gasteiger partial charge is 0.396 e. The molecule has 16 heavy (non-hydrogen) atoms. The van der Waals surface area contributed by atoms with Gasteiger partial charge in [0.2, 0.25) is 0 Å². The minimum atomic E-state index is 0.405. The Kier molecular flexibility index (Phi) is 3.11. The molecule has 0 radical (unpaired) electrons. The van der Waals surface area contributed by atoms with E-state index in [2.05, 4.69) is 34.6 Å². The lowest BCUT2D eigenvalue weighted by Crippen LogP contribution is -2.40. The topological polar surface area (TPSA) is 20.2 Å². The van der Waals surface area contributed by atoms with Crippen LogP contribution in [-0.2, 0) is 0 Å². The van der Waals surface area contributed by atoms with Gasteiger partial charge >= 0.3 is 0 Å². The van der Waals surface area contributed by atoms with Crippen molar-refractivity contribution in [3.63, 3.8) is 0 Å². The summed E-state index contributed by atoms with van der Waals surface area (Å²) in [4.78, 5) is 0. The highest BCUT2D eigenvalue weighted by molar-refractivity contribution is 5.04. The highest BCUT2D eigenvalue weighted by Crippen LogP contribution is 2.61. The summed E-state index contributed by atoms with van der Waals surface area (Å²) in [7, 11) is 0. The molecule has 5 unspecified atom stereocenters. The van der Waals surface area contributed by atoms with Gasteiger partial charge in [0.25, 0.3) is 0 Å². The average Bonchev–Trinajstić information content (AvgIpc) is 2.71. The second-order valence-electron chi connectivity index (χ2n) is 7.55. The Balaban J connectivity index is 2.24. The van der Waals surface area contributed by atoms with Gasteiger partial charge in [-0.15, -0.1) is 0 Å². The second-order valence-corrected chi connectivity index (χ2v) is 7.55. The molecule has 2 fully saturated rings. The summed E-state index contributed by atoms with van der Waals surface area (Å²) in [6.45, 7) is 12.4. The molecule has 0 aliphatic heterocycles. The lowest BCUT2D eigenvalue weighted by atomic mass is 9.61. The van der Waals surface area contributed by atoms with Crippen molar-refractivity contribution in [2.24, 2.45) is 40.9 Å². The Labute approximate surface area is 101 Å². The summed E-state index contributed by atoms with van der Waals surface area (Å²) >= 11 is 0. The van der Waals surface area contributed by atoms with Crippen molar-refractivity contribution in [1.29, 1.82) is 0 Å². The highest BCUT2D eigenvalue weighted by Gasteiger charge is 2.55. The van der Waals surface area contributed by atoms with Gasteiger partial charge in [0.15, 0.2) is 0 Å². The van der Waals surface area contributed by atoms with Crippen molar-refractivity contribution < 1.29 is 5.11 Å². The zero-order chi connectivity index (χ0) is 12.1. The third kappa shape index (κ3) is 1.81. The van der Waals surface area contributed by atoms with E-state index in [0.29, 0.717) is 17.9 Å². The molecule has 0 saturated heterocycles. The third-order valence-electron chi connectivity index (χ3n) is 5.21. The van der Waals surface area contributed by atoms with Crippen molar-refractivity contribution in [2.75, 3.05) is 6.61 Å². The van der Waals surface area contributed by atoms with E-state index in [1.807, 2.05) is 0 Å². The van der Waals surface area contributed by atoms with Crippen LogP contribution >= 0.6 is 0 Å². The summed E-state index contributed by atoms with van der Waals surface area (Å²) in [5.74, 6) is 4.81. The van der Waals surface area contributed by atoms with Crippen LogP contribution in [0.5, 0.6) is 0 Å². The van der Waals surface area contributed by atoms with Crippen molar-refractivity contribution in [2.45, 2.75) is 47.5 Å². The number of hydrogen-bond acceptors (Lipinski definition) is 1. The fourth-order valence-electron chi connectivity index (χ4n) is 4.92. The van der Waals surface area contributed by atoms with E-state index in [1.165, 1.54) is 12.8 Å². The molecule has 2 bridgehead atoms. The molecular weight excluding hydrogens is 196 g/mol. The molecule has 1 N–H and O–H groups in total. The van der Waals surface area contributed by atoms with Crippen LogP contribution in [-0.4, -0.2) is 11.7 Å². The fraction of sp³-hybridized carbons (Fsp3) is 1.00. The van der Waals surface area contributed by atoms with Crippen LogP contribution in [0.15, 0.2) is 0 Å². The zero-order valence-corrected chi connectivity index (χ0v) is 11.5. The molecule has 0 aromatic rings. The van der Waals surface area contributed by atoms with Crippen LogP contribution in [0, 0.1) is 40.9 Å². The van der Waals surface area contributed by atoms with Gasteiger partial charge in [0, 0.05) is 6.61 Å². The van der Waals surface area contributed by atoms with Gasteiger partial charge in [0.05, 0.1) is 0 Å². The van der Waals surface area contributed by atoms with Gasteiger partial charge in [0.1, 0.15) is 0 Å². The average molecular weight is 224 g/mol. The molecule has 0 aromatic carbocycles. The van der Waals surface area contributed by atoms with Gasteiger partial charge in [-0.2, -0.15) is 0 Å². The van der Waals surface area contributed by atoms with Gasteiger partial charge in [-0.25, -0.2) is 0 Å². The second kappa shape index (κ2) is 4.01. The van der Waals surface area contributed by atoms with E-state index in [9.17, 15) is 5.11 Å². The van der Waals surface area contributed by atoms with Crippen LogP contribution in [0.25, 0.3) is 0 Å². The molecular formula is C15H28O. The van der Waals surface area contributed by atoms with E-state index >= 15 is 0 Å². The van der Waals surface area contributed by atoms with Gasteiger partial charge in [-0.05, 0) is 53.8 Å². The van der Waals surface area contributed by atoms with Gasteiger partial charge < -0.3 is 5.11 Å². The van der Waals surface area contributed by atoms with E-state index in [0.717, 1.165) is 29.6 Å². The van der Waals surface area contributed by atoms with Crippen LogP contribution in [0.3, 0.4) is 0 Å². The maximum absolute atomic E-state index is 9.50. The van der Waals surface area contributed by atoms with Crippen LogP contribution < -0.4 is 0 Å². The Bertz CT molecular complexity index is 251. The van der Waals surface area contributed by atoms with Gasteiger partial charge in [-0.1, -0.05) is 34.6 Å². The molecule has 94 valence electrons. The highest BCUT2D eigenvalue weighted by atomic mass is 16.3. The first-order valence-corrected chi connectivity index (χ1v) is 6.97. The predicted molar refractivity (Wildman–Crippen MR) is 68.1 cm³/mol. The molecule has 2 saturated carbocycles. The Morgan fingerprint density at radius 1 is 1.19 bits per heavy atom.